The van der Waals surface area contributed by atoms with Gasteiger partial charge < -0.3 is 0 Å². The van der Waals surface area contributed by atoms with Crippen molar-refractivity contribution in [2.75, 3.05) is 0 Å². The first kappa shape index (κ1) is 11.1. The fraction of sp³-hybridized carbons (Fsp3) is 1.00. The normalized spacial score (nSPS) is 30.2. The van der Waals surface area contributed by atoms with Crippen molar-refractivity contribution < 1.29 is 0 Å². The van der Waals surface area contributed by atoms with Crippen LogP contribution in [0.1, 0.15) is 60.3 Å². The van der Waals surface area contributed by atoms with E-state index in [1.807, 2.05) is 0 Å². The lowest BCUT2D eigenvalue weighted by Gasteiger charge is -2.23. The van der Waals surface area contributed by atoms with Crippen LogP contribution in [-0.4, -0.2) is 0 Å². The van der Waals surface area contributed by atoms with Crippen LogP contribution in [-0.2, 0) is 0 Å². The fourth-order valence-corrected chi connectivity index (χ4v) is 2.36. The number of hydrogen-bond donors (Lipinski definition) is 0. The zero-order valence-corrected chi connectivity index (χ0v) is 10.1. The van der Waals surface area contributed by atoms with Crippen LogP contribution >= 0.6 is 0 Å². The standard InChI is InChI=1S/C13H26/c1-6-10(3)12-8-11(12)9-13(4,5)7-2/h10-12H,6-9H2,1-5H3. The zero-order valence-electron chi connectivity index (χ0n) is 10.1. The highest BCUT2D eigenvalue weighted by Crippen LogP contribution is 2.51. The van der Waals surface area contributed by atoms with Gasteiger partial charge >= 0.3 is 0 Å². The molecule has 0 bridgehead atoms. The molecule has 0 aromatic rings. The summed E-state index contributed by atoms with van der Waals surface area (Å²) < 4.78 is 0. The maximum Gasteiger partial charge on any atom is -0.0354 e. The molecule has 1 aliphatic rings. The summed E-state index contributed by atoms with van der Waals surface area (Å²) in [5.41, 5.74) is 0.590. The van der Waals surface area contributed by atoms with Gasteiger partial charge in [-0.2, -0.15) is 0 Å². The van der Waals surface area contributed by atoms with Crippen molar-refractivity contribution in [1.82, 2.24) is 0 Å². The van der Waals surface area contributed by atoms with Crippen LogP contribution < -0.4 is 0 Å². The molecule has 0 aliphatic heterocycles. The van der Waals surface area contributed by atoms with Crippen LogP contribution in [0.3, 0.4) is 0 Å². The van der Waals surface area contributed by atoms with E-state index in [4.69, 9.17) is 0 Å². The average molecular weight is 182 g/mol. The molecule has 0 heteroatoms. The van der Waals surface area contributed by atoms with E-state index >= 15 is 0 Å². The van der Waals surface area contributed by atoms with Crippen molar-refractivity contribution in [1.29, 1.82) is 0 Å². The van der Waals surface area contributed by atoms with E-state index < -0.39 is 0 Å². The Labute approximate surface area is 84.1 Å². The summed E-state index contributed by atoms with van der Waals surface area (Å²) in [6.45, 7) is 11.9. The molecule has 1 aliphatic carbocycles. The SMILES string of the molecule is CCC(C)C1CC1CC(C)(C)CC. The predicted octanol–water partition coefficient (Wildman–Crippen LogP) is 4.49. The van der Waals surface area contributed by atoms with E-state index in [-0.39, 0.29) is 0 Å². The van der Waals surface area contributed by atoms with Gasteiger partial charge in [0, 0.05) is 0 Å². The molecular weight excluding hydrogens is 156 g/mol. The quantitative estimate of drug-likeness (QED) is 0.587. The fourth-order valence-electron chi connectivity index (χ4n) is 2.36. The van der Waals surface area contributed by atoms with Gasteiger partial charge in [-0.05, 0) is 36.0 Å². The van der Waals surface area contributed by atoms with Crippen LogP contribution in [0.4, 0.5) is 0 Å². The number of hydrogen-bond acceptors (Lipinski definition) is 0. The molecular formula is C13H26. The Morgan fingerprint density at radius 3 is 2.38 bits per heavy atom. The summed E-state index contributed by atoms with van der Waals surface area (Å²) in [6.07, 6.45) is 5.67. The molecule has 0 aromatic heterocycles. The van der Waals surface area contributed by atoms with Gasteiger partial charge in [-0.3, -0.25) is 0 Å². The van der Waals surface area contributed by atoms with Crippen molar-refractivity contribution in [3.63, 3.8) is 0 Å². The van der Waals surface area contributed by atoms with Crippen molar-refractivity contribution in [2.45, 2.75) is 60.3 Å². The lowest BCUT2D eigenvalue weighted by molar-refractivity contribution is 0.285. The van der Waals surface area contributed by atoms with E-state index in [2.05, 4.69) is 34.6 Å². The Kier molecular flexibility index (Phi) is 3.43. The Morgan fingerprint density at radius 2 is 1.92 bits per heavy atom. The first-order valence-electron chi connectivity index (χ1n) is 6.00. The molecule has 0 nitrogen and oxygen atoms in total. The van der Waals surface area contributed by atoms with E-state index in [9.17, 15) is 0 Å². The summed E-state index contributed by atoms with van der Waals surface area (Å²) in [5.74, 6) is 3.10. The van der Waals surface area contributed by atoms with Crippen LogP contribution in [0, 0.1) is 23.2 Å². The second-order valence-corrected chi connectivity index (χ2v) is 5.77. The first-order chi connectivity index (χ1) is 6.00. The molecule has 0 spiro atoms. The third-order valence-electron chi connectivity index (χ3n) is 4.12. The summed E-state index contributed by atoms with van der Waals surface area (Å²) >= 11 is 0. The van der Waals surface area contributed by atoms with E-state index in [0.717, 1.165) is 17.8 Å². The van der Waals surface area contributed by atoms with Crippen LogP contribution in [0.25, 0.3) is 0 Å². The monoisotopic (exact) mass is 182 g/mol. The van der Waals surface area contributed by atoms with Gasteiger partial charge in [0.05, 0.1) is 0 Å². The van der Waals surface area contributed by atoms with Gasteiger partial charge in [0.15, 0.2) is 0 Å². The van der Waals surface area contributed by atoms with Gasteiger partial charge in [-0.1, -0.05) is 47.5 Å². The largest absolute Gasteiger partial charge is 0.0651 e. The minimum atomic E-state index is 0.590. The highest BCUT2D eigenvalue weighted by molar-refractivity contribution is 4.92. The van der Waals surface area contributed by atoms with Gasteiger partial charge in [-0.25, -0.2) is 0 Å². The molecule has 0 radical (unpaired) electrons. The molecule has 0 saturated heterocycles. The molecule has 78 valence electrons. The van der Waals surface area contributed by atoms with E-state index in [1.165, 1.54) is 25.7 Å². The van der Waals surface area contributed by atoms with Crippen molar-refractivity contribution in [2.24, 2.45) is 23.2 Å². The lowest BCUT2D eigenvalue weighted by atomic mass is 9.83. The zero-order chi connectivity index (χ0) is 10.1. The topological polar surface area (TPSA) is 0 Å². The third kappa shape index (κ3) is 3.00. The summed E-state index contributed by atoms with van der Waals surface area (Å²) in [7, 11) is 0. The van der Waals surface area contributed by atoms with Crippen molar-refractivity contribution in [3.8, 4) is 0 Å². The first-order valence-corrected chi connectivity index (χ1v) is 6.00. The summed E-state index contributed by atoms with van der Waals surface area (Å²) in [6, 6.07) is 0. The van der Waals surface area contributed by atoms with Gasteiger partial charge in [-0.15, -0.1) is 0 Å². The minimum Gasteiger partial charge on any atom is -0.0651 e. The summed E-state index contributed by atoms with van der Waals surface area (Å²) in [4.78, 5) is 0. The highest BCUT2D eigenvalue weighted by Gasteiger charge is 2.42. The van der Waals surface area contributed by atoms with E-state index in [0.29, 0.717) is 5.41 Å². The third-order valence-corrected chi connectivity index (χ3v) is 4.12. The Hall–Kier alpha value is 0. The molecule has 1 rings (SSSR count). The Balaban J connectivity index is 2.28. The van der Waals surface area contributed by atoms with Gasteiger partial charge in [0.2, 0.25) is 0 Å². The van der Waals surface area contributed by atoms with Crippen molar-refractivity contribution >= 4 is 0 Å². The molecule has 0 aromatic carbocycles. The second-order valence-electron chi connectivity index (χ2n) is 5.77. The minimum absolute atomic E-state index is 0.590. The smallest absolute Gasteiger partial charge is 0.0354 e. The summed E-state index contributed by atoms with van der Waals surface area (Å²) in [5, 5.41) is 0. The van der Waals surface area contributed by atoms with Gasteiger partial charge in [0.1, 0.15) is 0 Å². The molecule has 0 N–H and O–H groups in total. The Bertz CT molecular complexity index is 157. The molecule has 3 unspecified atom stereocenters. The molecule has 3 atom stereocenters. The van der Waals surface area contributed by atoms with Crippen molar-refractivity contribution in [3.05, 3.63) is 0 Å². The van der Waals surface area contributed by atoms with Gasteiger partial charge in [0.25, 0.3) is 0 Å². The van der Waals surface area contributed by atoms with E-state index in [1.54, 1.807) is 0 Å². The maximum absolute atomic E-state index is 2.42. The molecule has 0 heterocycles. The lowest BCUT2D eigenvalue weighted by Crippen LogP contribution is -2.11. The average Bonchev–Trinajstić information content (AvgIpc) is 2.82. The predicted molar refractivity (Wildman–Crippen MR) is 59.7 cm³/mol. The van der Waals surface area contributed by atoms with Crippen LogP contribution in [0.15, 0.2) is 0 Å². The molecule has 1 saturated carbocycles. The highest BCUT2D eigenvalue weighted by atomic mass is 14.5. The maximum atomic E-state index is 2.42. The van der Waals surface area contributed by atoms with Crippen LogP contribution in [0.2, 0.25) is 0 Å². The molecule has 13 heavy (non-hydrogen) atoms. The molecule has 1 fully saturated rings. The second kappa shape index (κ2) is 4.02. The molecule has 0 amide bonds. The Morgan fingerprint density at radius 1 is 1.31 bits per heavy atom. The number of rotatable bonds is 5. The van der Waals surface area contributed by atoms with Crippen LogP contribution in [0.5, 0.6) is 0 Å².